The minimum absolute atomic E-state index is 0.714. The lowest BCUT2D eigenvalue weighted by atomic mass is 9.96. The Bertz CT molecular complexity index is 795. The summed E-state index contributed by atoms with van der Waals surface area (Å²) in [5.41, 5.74) is 5.97. The van der Waals surface area contributed by atoms with Crippen molar-refractivity contribution < 1.29 is 0 Å². The monoisotopic (exact) mass is 273 g/mol. The number of nitrogens with one attached hydrogen (secondary N) is 2. The summed E-state index contributed by atoms with van der Waals surface area (Å²) in [6, 6.07) is 14.2. The zero-order valence-electron chi connectivity index (χ0n) is 11.8. The van der Waals surface area contributed by atoms with Crippen LogP contribution in [0.25, 0.3) is 11.1 Å². The van der Waals surface area contributed by atoms with Gasteiger partial charge in [0, 0.05) is 0 Å². The van der Waals surface area contributed by atoms with E-state index in [4.69, 9.17) is 5.26 Å². The molecule has 2 N–H and O–H groups in total. The molecule has 3 heteroatoms. The van der Waals surface area contributed by atoms with Gasteiger partial charge in [0.1, 0.15) is 5.82 Å². The van der Waals surface area contributed by atoms with E-state index in [0.29, 0.717) is 5.56 Å². The fraction of sp³-hybridized carbons (Fsp3) is 0.0556. The first-order valence-electron chi connectivity index (χ1n) is 6.74. The third-order valence-electron chi connectivity index (χ3n) is 3.61. The van der Waals surface area contributed by atoms with Gasteiger partial charge in [0.15, 0.2) is 0 Å². The number of anilines is 2. The Morgan fingerprint density at radius 2 is 1.95 bits per heavy atom. The Kier molecular flexibility index (Phi) is 3.21. The van der Waals surface area contributed by atoms with Crippen LogP contribution in [0, 0.1) is 18.3 Å². The number of hydrogen-bond acceptors (Lipinski definition) is 3. The summed E-state index contributed by atoms with van der Waals surface area (Å²) < 4.78 is 0. The van der Waals surface area contributed by atoms with Gasteiger partial charge in [-0.05, 0) is 47.9 Å². The van der Waals surface area contributed by atoms with Gasteiger partial charge in [0.05, 0.1) is 23.0 Å². The van der Waals surface area contributed by atoms with Crippen LogP contribution in [-0.2, 0) is 0 Å². The van der Waals surface area contributed by atoms with Gasteiger partial charge in [-0.1, -0.05) is 30.9 Å². The predicted molar refractivity (Wildman–Crippen MR) is 86.9 cm³/mol. The molecule has 0 unspecified atom stereocenters. The van der Waals surface area contributed by atoms with Crippen molar-refractivity contribution >= 4 is 11.4 Å². The molecule has 3 rings (SSSR count). The minimum atomic E-state index is 0.714. The number of nitrogens with zero attached hydrogens (tertiary/aromatic N) is 1. The lowest BCUT2D eigenvalue weighted by molar-refractivity contribution is 1.39. The normalized spacial score (nSPS) is 14.0. The Morgan fingerprint density at radius 1 is 1.14 bits per heavy atom. The predicted octanol–water partition coefficient (Wildman–Crippen LogP) is 4.40. The number of nitriles is 1. The first-order valence-corrected chi connectivity index (χ1v) is 6.74. The molecule has 1 heterocycles. The number of rotatable bonds is 2. The van der Waals surface area contributed by atoms with Crippen LogP contribution in [-0.4, -0.2) is 0 Å². The van der Waals surface area contributed by atoms with Crippen molar-refractivity contribution in [2.24, 2.45) is 0 Å². The molecule has 3 nitrogen and oxygen atoms in total. The van der Waals surface area contributed by atoms with E-state index in [0.717, 1.165) is 33.9 Å². The molecule has 2 aromatic rings. The van der Waals surface area contributed by atoms with E-state index in [9.17, 15) is 0 Å². The zero-order valence-corrected chi connectivity index (χ0v) is 11.8. The smallest absolute Gasteiger partial charge is 0.108 e. The topological polar surface area (TPSA) is 47.9 Å². The molecule has 102 valence electrons. The van der Waals surface area contributed by atoms with Gasteiger partial charge >= 0.3 is 0 Å². The molecule has 0 radical (unpaired) electrons. The van der Waals surface area contributed by atoms with E-state index in [1.165, 1.54) is 0 Å². The summed E-state index contributed by atoms with van der Waals surface area (Å²) in [4.78, 5) is 0. The molecule has 1 aliphatic rings. The summed E-state index contributed by atoms with van der Waals surface area (Å²) in [6.07, 6.45) is 3.63. The molecular weight excluding hydrogens is 258 g/mol. The fourth-order valence-corrected chi connectivity index (χ4v) is 2.52. The molecule has 0 bridgehead atoms. The van der Waals surface area contributed by atoms with Crippen LogP contribution in [0.1, 0.15) is 11.1 Å². The van der Waals surface area contributed by atoms with Crippen LogP contribution in [0.4, 0.5) is 11.4 Å². The second-order valence-electron chi connectivity index (χ2n) is 4.92. The summed E-state index contributed by atoms with van der Waals surface area (Å²) in [5.74, 6) is 0.916. The van der Waals surface area contributed by atoms with Crippen molar-refractivity contribution in [3.05, 3.63) is 72.1 Å². The molecule has 0 spiro atoms. The summed E-state index contributed by atoms with van der Waals surface area (Å²) in [6.45, 7) is 5.68. The third kappa shape index (κ3) is 2.28. The lowest BCUT2D eigenvalue weighted by Gasteiger charge is -2.09. The van der Waals surface area contributed by atoms with Gasteiger partial charge in [0.2, 0.25) is 0 Å². The standard InChI is InChI=1S/C18H15N3/c1-3-5-18-20-16-9-8-13(10-17(16)21-18)15-7-4-6-14(11-19)12(15)2/h3-10,20-21H,1H2,2H3/b18-5-. The highest BCUT2D eigenvalue weighted by Gasteiger charge is 2.15. The Hall–Kier alpha value is -2.99. The van der Waals surface area contributed by atoms with Crippen molar-refractivity contribution in [3.63, 3.8) is 0 Å². The first-order chi connectivity index (χ1) is 10.2. The SMILES string of the molecule is C=C/C=C1/Nc2ccc(-c3cccc(C#N)c3C)cc2N1. The molecular formula is C18H15N3. The van der Waals surface area contributed by atoms with Crippen LogP contribution < -0.4 is 10.6 Å². The van der Waals surface area contributed by atoms with Crippen molar-refractivity contribution in [2.45, 2.75) is 6.92 Å². The average molecular weight is 273 g/mol. The van der Waals surface area contributed by atoms with Crippen molar-refractivity contribution in [2.75, 3.05) is 10.6 Å². The Labute approximate surface area is 124 Å². The Morgan fingerprint density at radius 3 is 2.71 bits per heavy atom. The van der Waals surface area contributed by atoms with Crippen LogP contribution in [0.5, 0.6) is 0 Å². The van der Waals surface area contributed by atoms with Crippen molar-refractivity contribution in [1.82, 2.24) is 0 Å². The Balaban J connectivity index is 2.04. The molecule has 0 saturated heterocycles. The van der Waals surface area contributed by atoms with Gasteiger partial charge in [-0.15, -0.1) is 0 Å². The minimum Gasteiger partial charge on any atom is -0.340 e. The third-order valence-corrected chi connectivity index (χ3v) is 3.61. The summed E-state index contributed by atoms with van der Waals surface area (Å²) >= 11 is 0. The highest BCUT2D eigenvalue weighted by molar-refractivity contribution is 5.85. The summed E-state index contributed by atoms with van der Waals surface area (Å²) in [5, 5.41) is 15.7. The molecule has 21 heavy (non-hydrogen) atoms. The van der Waals surface area contributed by atoms with Crippen molar-refractivity contribution in [1.29, 1.82) is 5.26 Å². The second kappa shape index (κ2) is 5.18. The van der Waals surface area contributed by atoms with Crippen molar-refractivity contribution in [3.8, 4) is 17.2 Å². The van der Waals surface area contributed by atoms with E-state index >= 15 is 0 Å². The summed E-state index contributed by atoms with van der Waals surface area (Å²) in [7, 11) is 0. The van der Waals surface area contributed by atoms with Gasteiger partial charge in [-0.2, -0.15) is 5.26 Å². The van der Waals surface area contributed by atoms with E-state index < -0.39 is 0 Å². The maximum Gasteiger partial charge on any atom is 0.108 e. The highest BCUT2D eigenvalue weighted by Crippen LogP contribution is 2.35. The van der Waals surface area contributed by atoms with Gasteiger partial charge in [0.25, 0.3) is 0 Å². The lowest BCUT2D eigenvalue weighted by Crippen LogP contribution is -1.97. The van der Waals surface area contributed by atoms with E-state index in [-0.39, 0.29) is 0 Å². The van der Waals surface area contributed by atoms with Crippen LogP contribution in [0.15, 0.2) is 61.0 Å². The molecule has 1 aliphatic heterocycles. The number of fused-ring (bicyclic) bond motifs is 1. The van der Waals surface area contributed by atoms with Gasteiger partial charge in [-0.25, -0.2) is 0 Å². The number of allylic oxidation sites excluding steroid dienone is 2. The van der Waals surface area contributed by atoms with Crippen LogP contribution in [0.2, 0.25) is 0 Å². The molecule has 0 saturated carbocycles. The molecule has 0 aliphatic carbocycles. The maximum absolute atomic E-state index is 9.15. The second-order valence-corrected chi connectivity index (χ2v) is 4.92. The molecule has 2 aromatic carbocycles. The maximum atomic E-state index is 9.15. The van der Waals surface area contributed by atoms with Crippen LogP contribution >= 0.6 is 0 Å². The number of benzene rings is 2. The molecule has 0 aromatic heterocycles. The number of hydrogen-bond donors (Lipinski definition) is 2. The largest absolute Gasteiger partial charge is 0.340 e. The molecule has 0 fully saturated rings. The molecule has 0 amide bonds. The van der Waals surface area contributed by atoms with E-state index in [2.05, 4.69) is 35.4 Å². The fourth-order valence-electron chi connectivity index (χ4n) is 2.52. The first kappa shape index (κ1) is 13.0. The van der Waals surface area contributed by atoms with E-state index in [1.54, 1.807) is 6.08 Å². The van der Waals surface area contributed by atoms with Crippen LogP contribution in [0.3, 0.4) is 0 Å². The van der Waals surface area contributed by atoms with Gasteiger partial charge in [-0.3, -0.25) is 0 Å². The van der Waals surface area contributed by atoms with E-state index in [1.807, 2.05) is 37.3 Å². The van der Waals surface area contributed by atoms with Gasteiger partial charge < -0.3 is 10.6 Å². The molecule has 0 atom stereocenters. The highest BCUT2D eigenvalue weighted by atomic mass is 15.2. The average Bonchev–Trinajstić information content (AvgIpc) is 2.89. The quantitative estimate of drug-likeness (QED) is 0.852. The zero-order chi connectivity index (χ0) is 14.8.